The number of rotatable bonds is 17. The van der Waals surface area contributed by atoms with Gasteiger partial charge in [0.1, 0.15) is 24.7 Å². The second-order valence-corrected chi connectivity index (χ2v) is 12.2. The van der Waals surface area contributed by atoms with Gasteiger partial charge >= 0.3 is 12.2 Å². The Labute approximate surface area is 271 Å². The van der Waals surface area contributed by atoms with Gasteiger partial charge in [-0.25, -0.2) is 9.59 Å². The summed E-state index contributed by atoms with van der Waals surface area (Å²) in [6.07, 6.45) is 3.51. The van der Waals surface area contributed by atoms with Crippen LogP contribution in [0.4, 0.5) is 9.59 Å². The molecule has 2 heterocycles. The van der Waals surface area contributed by atoms with Gasteiger partial charge in [0.15, 0.2) is 0 Å². The minimum Gasteiger partial charge on any atom is -0.497 e. The molecule has 0 spiro atoms. The largest absolute Gasteiger partial charge is 0.497 e. The van der Waals surface area contributed by atoms with Crippen LogP contribution in [0.3, 0.4) is 0 Å². The first-order chi connectivity index (χ1) is 21.9. The van der Waals surface area contributed by atoms with Gasteiger partial charge in [0.05, 0.1) is 35.0 Å². The van der Waals surface area contributed by atoms with Crippen molar-refractivity contribution in [2.45, 2.75) is 45.1 Å². The second-order valence-electron chi connectivity index (χ2n) is 10.2. The standard InChI is InChI=1S/C32H39N5O6S2/c1-4-37(17-25(13-23-5-9-27(40-2)10-6-23)35-31(38)42-19-29-15-33-21-44-29)18-26(14-24-7-11-28(41-3)12-8-24)36-32(39)43-20-30-16-34-22-45-30/h5-12,15-16,21-22,25-26H,4,13-14,17-20H2,1-3H3,(H,35,38)(H,36,39)/t25-,26?/m1/s1. The summed E-state index contributed by atoms with van der Waals surface area (Å²) in [6, 6.07) is 15.0. The summed E-state index contributed by atoms with van der Waals surface area (Å²) in [5, 5.41) is 6.11. The van der Waals surface area contributed by atoms with Crippen molar-refractivity contribution in [1.82, 2.24) is 25.5 Å². The van der Waals surface area contributed by atoms with Gasteiger partial charge in [0.25, 0.3) is 0 Å². The zero-order valence-electron chi connectivity index (χ0n) is 25.6. The van der Waals surface area contributed by atoms with Gasteiger partial charge in [0, 0.05) is 37.6 Å². The molecule has 0 aliphatic rings. The molecule has 0 saturated heterocycles. The summed E-state index contributed by atoms with van der Waals surface area (Å²) in [4.78, 5) is 37.7. The molecule has 0 aliphatic heterocycles. The number of hydrogen-bond acceptors (Lipinski definition) is 11. The maximum absolute atomic E-state index is 12.9. The third-order valence-electron chi connectivity index (χ3n) is 6.99. The minimum atomic E-state index is -0.502. The van der Waals surface area contributed by atoms with E-state index in [1.54, 1.807) is 37.6 Å². The van der Waals surface area contributed by atoms with Crippen LogP contribution in [0, 0.1) is 0 Å². The van der Waals surface area contributed by atoms with E-state index in [4.69, 9.17) is 18.9 Å². The number of methoxy groups -OCH3 is 2. The lowest BCUT2D eigenvalue weighted by Crippen LogP contribution is -2.50. The third kappa shape index (κ3) is 11.7. The number of carbonyl (C=O) groups is 2. The topological polar surface area (TPSA) is 124 Å². The van der Waals surface area contributed by atoms with Crippen LogP contribution < -0.4 is 20.1 Å². The fraction of sp³-hybridized carbons (Fsp3) is 0.375. The van der Waals surface area contributed by atoms with Gasteiger partial charge in [-0.3, -0.25) is 14.9 Å². The average Bonchev–Trinajstić information content (AvgIpc) is 3.78. The highest BCUT2D eigenvalue weighted by Gasteiger charge is 2.22. The lowest BCUT2D eigenvalue weighted by atomic mass is 10.0. The summed E-state index contributed by atoms with van der Waals surface area (Å²) >= 11 is 2.86. The molecule has 2 atom stereocenters. The maximum atomic E-state index is 12.9. The van der Waals surface area contributed by atoms with Crippen LogP contribution in [0.1, 0.15) is 27.8 Å². The fourth-order valence-electron chi connectivity index (χ4n) is 4.69. The number of ether oxygens (including phenoxy) is 4. The molecule has 2 amide bonds. The van der Waals surface area contributed by atoms with E-state index in [2.05, 4.69) is 32.4 Å². The zero-order chi connectivity index (χ0) is 31.9. The van der Waals surface area contributed by atoms with Crippen LogP contribution in [-0.2, 0) is 35.5 Å². The van der Waals surface area contributed by atoms with Crippen LogP contribution in [-0.4, -0.2) is 73.0 Å². The molecule has 0 radical (unpaired) electrons. The van der Waals surface area contributed by atoms with Gasteiger partial charge < -0.3 is 29.6 Å². The molecule has 2 N–H and O–H groups in total. The van der Waals surface area contributed by atoms with E-state index < -0.39 is 12.2 Å². The summed E-state index contributed by atoms with van der Waals surface area (Å²) < 4.78 is 21.6. The molecule has 0 saturated carbocycles. The lowest BCUT2D eigenvalue weighted by molar-refractivity contribution is 0.127. The first kappa shape index (κ1) is 33.7. The molecule has 11 nitrogen and oxygen atoms in total. The molecule has 2 aromatic heterocycles. The van der Waals surface area contributed by atoms with Crippen molar-refractivity contribution in [2.75, 3.05) is 33.9 Å². The predicted molar refractivity (Wildman–Crippen MR) is 174 cm³/mol. The predicted octanol–water partition coefficient (Wildman–Crippen LogP) is 5.31. The Balaban J connectivity index is 1.45. The van der Waals surface area contributed by atoms with E-state index in [9.17, 15) is 9.59 Å². The van der Waals surface area contributed by atoms with E-state index in [1.165, 1.54) is 22.7 Å². The summed E-state index contributed by atoms with van der Waals surface area (Å²) in [5.41, 5.74) is 5.49. The van der Waals surface area contributed by atoms with Crippen molar-refractivity contribution in [3.05, 3.63) is 92.8 Å². The first-order valence-corrected chi connectivity index (χ1v) is 16.3. The van der Waals surface area contributed by atoms with E-state index in [0.29, 0.717) is 32.5 Å². The SMILES string of the molecule is CCN(CC(Cc1ccc(OC)cc1)NC(=O)OCc1cncs1)C[C@@H](Cc1ccc(OC)cc1)NC(=O)OCc1cncs1. The molecule has 4 rings (SSSR count). The Morgan fingerprint density at radius 1 is 0.733 bits per heavy atom. The maximum Gasteiger partial charge on any atom is 0.407 e. The monoisotopic (exact) mass is 653 g/mol. The number of nitrogens with zero attached hydrogens (tertiary/aromatic N) is 3. The normalized spacial score (nSPS) is 12.3. The molecule has 0 fully saturated rings. The van der Waals surface area contributed by atoms with Crippen LogP contribution in [0.15, 0.2) is 71.9 Å². The average molecular weight is 654 g/mol. The van der Waals surface area contributed by atoms with Gasteiger partial charge in [-0.1, -0.05) is 31.2 Å². The van der Waals surface area contributed by atoms with Crippen molar-refractivity contribution < 1.29 is 28.5 Å². The number of likely N-dealkylation sites (N-methyl/N-ethyl adjacent to an activating group) is 1. The molecule has 2 aromatic carbocycles. The van der Waals surface area contributed by atoms with Gasteiger partial charge in [0.2, 0.25) is 0 Å². The molecule has 0 aliphatic carbocycles. The van der Waals surface area contributed by atoms with Crippen molar-refractivity contribution in [2.24, 2.45) is 0 Å². The highest BCUT2D eigenvalue weighted by molar-refractivity contribution is 7.09. The Morgan fingerprint density at radius 3 is 1.49 bits per heavy atom. The summed E-state index contributed by atoms with van der Waals surface area (Å²) in [6.45, 7) is 4.10. The number of hydrogen-bond donors (Lipinski definition) is 2. The van der Waals surface area contributed by atoms with Crippen LogP contribution in [0.5, 0.6) is 11.5 Å². The van der Waals surface area contributed by atoms with E-state index in [-0.39, 0.29) is 25.3 Å². The molecule has 240 valence electrons. The number of amides is 2. The molecule has 1 unspecified atom stereocenters. The number of aromatic nitrogens is 2. The Morgan fingerprint density at radius 2 is 1.16 bits per heavy atom. The van der Waals surface area contributed by atoms with Crippen molar-refractivity contribution in [3.63, 3.8) is 0 Å². The Kier molecular flexibility index (Phi) is 13.4. The molecule has 0 bridgehead atoms. The smallest absolute Gasteiger partial charge is 0.407 e. The lowest BCUT2D eigenvalue weighted by Gasteiger charge is -2.31. The molecule has 13 heteroatoms. The zero-order valence-corrected chi connectivity index (χ0v) is 27.3. The first-order valence-electron chi connectivity index (χ1n) is 14.5. The quantitative estimate of drug-likeness (QED) is 0.156. The van der Waals surface area contributed by atoms with Crippen molar-refractivity contribution in [3.8, 4) is 11.5 Å². The number of benzene rings is 2. The number of alkyl carbamates (subject to hydrolysis) is 2. The van der Waals surface area contributed by atoms with E-state index >= 15 is 0 Å². The van der Waals surface area contributed by atoms with E-state index in [1.807, 2.05) is 48.5 Å². The van der Waals surface area contributed by atoms with Gasteiger partial charge in [-0.05, 0) is 54.8 Å². The van der Waals surface area contributed by atoms with Crippen LogP contribution in [0.25, 0.3) is 0 Å². The number of carbonyl (C=O) groups excluding carboxylic acids is 2. The molecule has 45 heavy (non-hydrogen) atoms. The summed E-state index contributed by atoms with van der Waals surface area (Å²) in [5.74, 6) is 1.52. The Hall–Kier alpha value is -4.20. The molecular formula is C32H39N5O6S2. The third-order valence-corrected chi connectivity index (χ3v) is 8.49. The fourth-order valence-corrected chi connectivity index (χ4v) is 5.70. The second kappa shape index (κ2) is 17.9. The highest BCUT2D eigenvalue weighted by Crippen LogP contribution is 2.16. The van der Waals surface area contributed by atoms with Crippen molar-refractivity contribution >= 4 is 34.9 Å². The summed E-state index contributed by atoms with van der Waals surface area (Å²) in [7, 11) is 3.26. The highest BCUT2D eigenvalue weighted by atomic mass is 32.1. The van der Waals surface area contributed by atoms with E-state index in [0.717, 1.165) is 32.4 Å². The number of thiazole rings is 2. The van der Waals surface area contributed by atoms with Crippen LogP contribution >= 0.6 is 22.7 Å². The minimum absolute atomic E-state index is 0.154. The van der Waals surface area contributed by atoms with Gasteiger partial charge in [-0.15, -0.1) is 22.7 Å². The molecular weight excluding hydrogens is 615 g/mol. The number of nitrogens with one attached hydrogen (secondary N) is 2. The van der Waals surface area contributed by atoms with Crippen molar-refractivity contribution in [1.29, 1.82) is 0 Å². The van der Waals surface area contributed by atoms with Gasteiger partial charge in [-0.2, -0.15) is 0 Å². The molecule has 4 aromatic rings. The Bertz CT molecular complexity index is 1310. The van der Waals surface area contributed by atoms with Crippen LogP contribution in [0.2, 0.25) is 0 Å².